The molecule has 0 saturated carbocycles. The van der Waals surface area contributed by atoms with E-state index in [1.165, 1.54) is 25.3 Å². The fraction of sp³-hybridized carbons (Fsp3) is 0.227. The van der Waals surface area contributed by atoms with E-state index >= 15 is 0 Å². The van der Waals surface area contributed by atoms with Crippen molar-refractivity contribution in [1.82, 2.24) is 9.72 Å². The molecule has 0 N–H and O–H groups in total. The number of benzene rings is 1. The molecule has 30 heavy (non-hydrogen) atoms. The minimum atomic E-state index is -1.35. The lowest BCUT2D eigenvalue weighted by molar-refractivity contribution is -0.307. The van der Waals surface area contributed by atoms with Crippen LogP contribution in [0, 0.1) is 20.8 Å². The number of aliphatic carboxylic acids is 1. The summed E-state index contributed by atoms with van der Waals surface area (Å²) in [6, 6.07) is 8.33. The number of carboxylic acid groups (broad SMARTS) is 1. The van der Waals surface area contributed by atoms with Gasteiger partial charge in [-0.1, -0.05) is 5.16 Å². The standard InChI is InChI=1S/C22H22N2O6/c1-13-9-16(15(3)24(13)21-10-14(2)30-23-21)5-7-18(25)17-6-8-19(20(11-17)28-4)29-12-22(26)27/h5-11H,12H2,1-4H3,(H,26,27)/p-1/b7-5+. The molecule has 8 heteroatoms. The van der Waals surface area contributed by atoms with E-state index in [0.29, 0.717) is 17.1 Å². The number of nitrogens with zero attached hydrogens (tertiary/aromatic N) is 2. The van der Waals surface area contributed by atoms with Crippen molar-refractivity contribution in [3.63, 3.8) is 0 Å². The van der Waals surface area contributed by atoms with Gasteiger partial charge in [0.1, 0.15) is 12.4 Å². The van der Waals surface area contributed by atoms with Crippen LogP contribution in [-0.2, 0) is 4.79 Å². The smallest absolute Gasteiger partial charge is 0.185 e. The van der Waals surface area contributed by atoms with Crippen LogP contribution in [-0.4, -0.2) is 35.2 Å². The number of carbonyl (C=O) groups is 2. The van der Waals surface area contributed by atoms with E-state index in [9.17, 15) is 14.7 Å². The summed E-state index contributed by atoms with van der Waals surface area (Å²) < 4.78 is 17.4. The summed E-state index contributed by atoms with van der Waals surface area (Å²) in [5, 5.41) is 14.6. The number of hydrogen-bond acceptors (Lipinski definition) is 7. The first-order chi connectivity index (χ1) is 14.3. The summed E-state index contributed by atoms with van der Waals surface area (Å²) in [5.41, 5.74) is 3.14. The van der Waals surface area contributed by atoms with Gasteiger partial charge in [0.05, 0.1) is 13.1 Å². The summed E-state index contributed by atoms with van der Waals surface area (Å²) in [6.07, 6.45) is 3.21. The van der Waals surface area contributed by atoms with E-state index < -0.39 is 12.6 Å². The topological polar surface area (TPSA) is 107 Å². The Balaban J connectivity index is 1.81. The number of aryl methyl sites for hydroxylation is 2. The molecule has 0 bridgehead atoms. The molecule has 0 fully saturated rings. The van der Waals surface area contributed by atoms with Gasteiger partial charge in [-0.3, -0.25) is 9.36 Å². The van der Waals surface area contributed by atoms with E-state index in [1.807, 2.05) is 37.5 Å². The minimum absolute atomic E-state index is 0.216. The van der Waals surface area contributed by atoms with Crippen molar-refractivity contribution < 1.29 is 28.7 Å². The van der Waals surface area contributed by atoms with Gasteiger partial charge >= 0.3 is 0 Å². The Bertz CT molecular complexity index is 1120. The Morgan fingerprint density at radius 2 is 1.93 bits per heavy atom. The van der Waals surface area contributed by atoms with Crippen molar-refractivity contribution in [2.75, 3.05) is 13.7 Å². The number of ether oxygens (including phenoxy) is 2. The summed E-state index contributed by atoms with van der Waals surface area (Å²) in [7, 11) is 1.41. The lowest BCUT2D eigenvalue weighted by atomic mass is 10.1. The summed E-state index contributed by atoms with van der Waals surface area (Å²) in [4.78, 5) is 23.2. The predicted molar refractivity (Wildman–Crippen MR) is 107 cm³/mol. The molecule has 3 aromatic rings. The zero-order valence-electron chi connectivity index (χ0n) is 17.1. The third-order valence-corrected chi connectivity index (χ3v) is 4.52. The molecular weight excluding hydrogens is 388 g/mol. The van der Waals surface area contributed by atoms with Gasteiger partial charge in [0.2, 0.25) is 0 Å². The van der Waals surface area contributed by atoms with Gasteiger partial charge in [-0.15, -0.1) is 0 Å². The number of carbonyl (C=O) groups excluding carboxylic acids is 2. The SMILES string of the molecule is COc1cc(C(=O)/C=C/c2cc(C)n(-c3cc(C)on3)c2C)ccc1OCC(=O)[O-]. The van der Waals surface area contributed by atoms with Crippen molar-refractivity contribution >= 4 is 17.8 Å². The number of allylic oxidation sites excluding steroid dienone is 1. The molecule has 0 amide bonds. The van der Waals surface area contributed by atoms with Crippen LogP contribution in [0.25, 0.3) is 11.9 Å². The highest BCUT2D eigenvalue weighted by molar-refractivity contribution is 6.07. The second-order valence-corrected chi connectivity index (χ2v) is 6.68. The first kappa shape index (κ1) is 20.9. The predicted octanol–water partition coefficient (Wildman–Crippen LogP) is 2.42. The number of carboxylic acids is 1. The van der Waals surface area contributed by atoms with E-state index in [2.05, 4.69) is 5.16 Å². The Morgan fingerprint density at radius 3 is 2.57 bits per heavy atom. The van der Waals surface area contributed by atoms with E-state index in [0.717, 1.165) is 17.0 Å². The lowest BCUT2D eigenvalue weighted by Crippen LogP contribution is -2.29. The first-order valence-corrected chi connectivity index (χ1v) is 9.16. The number of ketones is 1. The minimum Gasteiger partial charge on any atom is -0.546 e. The van der Waals surface area contributed by atoms with Crippen molar-refractivity contribution in [2.45, 2.75) is 20.8 Å². The Morgan fingerprint density at radius 1 is 1.17 bits per heavy atom. The average molecular weight is 409 g/mol. The molecule has 8 nitrogen and oxygen atoms in total. The van der Waals surface area contributed by atoms with Crippen molar-refractivity contribution in [3.8, 4) is 17.3 Å². The molecular formula is C22H21N2O6-. The summed E-state index contributed by atoms with van der Waals surface area (Å²) >= 11 is 0. The van der Waals surface area contributed by atoms with Crippen molar-refractivity contribution in [1.29, 1.82) is 0 Å². The molecule has 0 aliphatic rings. The number of aromatic nitrogens is 2. The molecule has 0 aliphatic carbocycles. The fourth-order valence-electron chi connectivity index (χ4n) is 3.11. The zero-order valence-corrected chi connectivity index (χ0v) is 17.1. The largest absolute Gasteiger partial charge is 0.546 e. The van der Waals surface area contributed by atoms with Gasteiger partial charge in [0, 0.05) is 23.0 Å². The third-order valence-electron chi connectivity index (χ3n) is 4.52. The molecule has 0 aliphatic heterocycles. The fourth-order valence-corrected chi connectivity index (χ4v) is 3.11. The van der Waals surface area contributed by atoms with E-state index in [-0.39, 0.29) is 17.3 Å². The van der Waals surface area contributed by atoms with E-state index in [1.54, 1.807) is 12.1 Å². The maximum Gasteiger partial charge on any atom is 0.185 e. The molecule has 0 spiro atoms. The Labute approximate surface area is 173 Å². The highest BCUT2D eigenvalue weighted by atomic mass is 16.5. The molecule has 0 atom stereocenters. The third kappa shape index (κ3) is 4.43. The second-order valence-electron chi connectivity index (χ2n) is 6.68. The van der Waals surface area contributed by atoms with Crippen LogP contribution in [0.1, 0.15) is 33.1 Å². The molecule has 0 unspecified atom stereocenters. The number of rotatable bonds is 8. The maximum absolute atomic E-state index is 12.6. The van der Waals surface area contributed by atoms with Crippen LogP contribution in [0.2, 0.25) is 0 Å². The molecule has 0 radical (unpaired) electrons. The van der Waals surface area contributed by atoms with Crippen molar-refractivity contribution in [3.05, 3.63) is 64.7 Å². The molecule has 156 valence electrons. The molecule has 1 aromatic carbocycles. The van der Waals surface area contributed by atoms with Gasteiger partial charge in [0.25, 0.3) is 0 Å². The molecule has 3 rings (SSSR count). The van der Waals surface area contributed by atoms with Crippen LogP contribution in [0.5, 0.6) is 11.5 Å². The van der Waals surface area contributed by atoms with Crippen LogP contribution in [0.4, 0.5) is 0 Å². The van der Waals surface area contributed by atoms with Crippen LogP contribution >= 0.6 is 0 Å². The number of hydrogen-bond donors (Lipinski definition) is 0. The average Bonchev–Trinajstić information content (AvgIpc) is 3.26. The summed E-state index contributed by atoms with van der Waals surface area (Å²) in [6.45, 7) is 5.11. The zero-order chi connectivity index (χ0) is 21.8. The Kier molecular flexibility index (Phi) is 6.06. The molecule has 0 saturated heterocycles. The van der Waals surface area contributed by atoms with Crippen molar-refractivity contribution in [2.24, 2.45) is 0 Å². The van der Waals surface area contributed by atoms with Gasteiger partial charge in [0.15, 0.2) is 23.1 Å². The van der Waals surface area contributed by atoms with Gasteiger partial charge in [-0.2, -0.15) is 0 Å². The van der Waals surface area contributed by atoms with Crippen LogP contribution in [0.3, 0.4) is 0 Å². The molecule has 2 aromatic heterocycles. The first-order valence-electron chi connectivity index (χ1n) is 9.16. The monoisotopic (exact) mass is 409 g/mol. The van der Waals surface area contributed by atoms with Crippen LogP contribution < -0.4 is 14.6 Å². The van der Waals surface area contributed by atoms with E-state index in [4.69, 9.17) is 14.0 Å². The lowest BCUT2D eigenvalue weighted by Gasteiger charge is -2.11. The molecule has 2 heterocycles. The van der Waals surface area contributed by atoms with Gasteiger partial charge < -0.3 is 23.9 Å². The summed E-state index contributed by atoms with van der Waals surface area (Å²) in [5.74, 6) is 0.292. The second kappa shape index (κ2) is 8.69. The number of methoxy groups -OCH3 is 1. The Hall–Kier alpha value is -3.81. The highest BCUT2D eigenvalue weighted by Gasteiger charge is 2.13. The maximum atomic E-state index is 12.6. The highest BCUT2D eigenvalue weighted by Crippen LogP contribution is 2.28. The normalized spacial score (nSPS) is 11.1. The quantitative estimate of drug-likeness (QED) is 0.415. The van der Waals surface area contributed by atoms with Gasteiger partial charge in [-0.25, -0.2) is 0 Å². The van der Waals surface area contributed by atoms with Crippen LogP contribution in [0.15, 0.2) is 40.9 Å². The van der Waals surface area contributed by atoms with Gasteiger partial charge in [-0.05, 0) is 62.8 Å².